The molecule has 3 unspecified atom stereocenters. The molecule has 0 radical (unpaired) electrons. The Hall–Kier alpha value is 0.270. The fourth-order valence-corrected chi connectivity index (χ4v) is 3.21. The Labute approximate surface area is 79.1 Å². The lowest BCUT2D eigenvalue weighted by atomic mass is 10.2. The fraction of sp³-hybridized carbons (Fsp3) is 1.00. The van der Waals surface area contributed by atoms with Crippen LogP contribution >= 0.6 is 11.8 Å². The molecule has 0 amide bonds. The van der Waals surface area contributed by atoms with Gasteiger partial charge in [-0.3, -0.25) is 0 Å². The molecule has 1 saturated carbocycles. The Morgan fingerprint density at radius 3 is 2.92 bits per heavy atom. The van der Waals surface area contributed by atoms with Crippen LogP contribution in [0.4, 0.5) is 0 Å². The summed E-state index contributed by atoms with van der Waals surface area (Å²) in [6.07, 6.45) is 3.94. The van der Waals surface area contributed by atoms with Crippen molar-refractivity contribution in [2.24, 2.45) is 0 Å². The predicted molar refractivity (Wildman–Crippen MR) is 54.6 cm³/mol. The van der Waals surface area contributed by atoms with Crippen molar-refractivity contribution in [3.63, 3.8) is 0 Å². The number of thioether (sulfide) groups is 1. The van der Waals surface area contributed by atoms with Crippen molar-refractivity contribution in [1.82, 2.24) is 5.32 Å². The second-order valence-electron chi connectivity index (χ2n) is 3.49. The predicted octanol–water partition coefficient (Wildman–Crippen LogP) is 1.24. The first-order valence-corrected chi connectivity index (χ1v) is 5.65. The van der Waals surface area contributed by atoms with Gasteiger partial charge in [-0.05, 0) is 19.9 Å². The van der Waals surface area contributed by atoms with Crippen molar-refractivity contribution in [2.75, 3.05) is 13.7 Å². The maximum absolute atomic E-state index is 8.91. The minimum absolute atomic E-state index is 0.303. The summed E-state index contributed by atoms with van der Waals surface area (Å²) >= 11 is 1.93. The van der Waals surface area contributed by atoms with Crippen LogP contribution in [0, 0.1) is 0 Å². The normalized spacial score (nSPS) is 32.2. The van der Waals surface area contributed by atoms with E-state index in [1.54, 1.807) is 0 Å². The molecule has 72 valence electrons. The SMILES string of the molecule is CNC1CCCC1SC(C)CO. The van der Waals surface area contributed by atoms with Gasteiger partial charge in [-0.2, -0.15) is 11.8 Å². The molecule has 0 bridgehead atoms. The van der Waals surface area contributed by atoms with Gasteiger partial charge in [0.1, 0.15) is 0 Å². The molecular formula is C9H19NOS. The zero-order valence-corrected chi connectivity index (χ0v) is 8.73. The van der Waals surface area contributed by atoms with Crippen LogP contribution < -0.4 is 5.32 Å². The smallest absolute Gasteiger partial charge is 0.0547 e. The van der Waals surface area contributed by atoms with Crippen LogP contribution in [0.15, 0.2) is 0 Å². The summed E-state index contributed by atoms with van der Waals surface area (Å²) in [6, 6.07) is 0.670. The van der Waals surface area contributed by atoms with Gasteiger partial charge in [-0.15, -0.1) is 0 Å². The molecule has 3 heteroatoms. The Balaban J connectivity index is 2.30. The van der Waals surface area contributed by atoms with E-state index >= 15 is 0 Å². The number of hydrogen-bond acceptors (Lipinski definition) is 3. The van der Waals surface area contributed by atoms with Crippen LogP contribution in [-0.2, 0) is 0 Å². The molecule has 1 aliphatic carbocycles. The van der Waals surface area contributed by atoms with Crippen LogP contribution in [-0.4, -0.2) is 35.3 Å². The third-order valence-electron chi connectivity index (χ3n) is 2.49. The van der Waals surface area contributed by atoms with Gasteiger partial charge in [-0.1, -0.05) is 13.3 Å². The van der Waals surface area contributed by atoms with Crippen molar-refractivity contribution >= 4 is 11.8 Å². The first kappa shape index (κ1) is 10.4. The third-order valence-corrected chi connectivity index (χ3v) is 4.02. The highest BCUT2D eigenvalue weighted by Gasteiger charge is 2.27. The zero-order valence-electron chi connectivity index (χ0n) is 7.92. The number of nitrogens with one attached hydrogen (secondary N) is 1. The molecule has 0 heterocycles. The Bertz CT molecular complexity index is 132. The van der Waals surface area contributed by atoms with E-state index < -0.39 is 0 Å². The monoisotopic (exact) mass is 189 g/mol. The minimum atomic E-state index is 0.303. The molecule has 2 nitrogen and oxygen atoms in total. The lowest BCUT2D eigenvalue weighted by Crippen LogP contribution is -2.32. The van der Waals surface area contributed by atoms with Crippen LogP contribution in [0.2, 0.25) is 0 Å². The summed E-state index contributed by atoms with van der Waals surface area (Å²) in [5, 5.41) is 13.4. The van der Waals surface area contributed by atoms with E-state index in [9.17, 15) is 0 Å². The highest BCUT2D eigenvalue weighted by atomic mass is 32.2. The average Bonchev–Trinajstić information content (AvgIpc) is 2.51. The van der Waals surface area contributed by atoms with E-state index in [0.29, 0.717) is 17.9 Å². The van der Waals surface area contributed by atoms with Crippen molar-refractivity contribution in [2.45, 2.75) is 42.7 Å². The molecule has 0 aromatic carbocycles. The number of hydrogen-bond donors (Lipinski definition) is 2. The molecule has 12 heavy (non-hydrogen) atoms. The Morgan fingerprint density at radius 2 is 2.33 bits per heavy atom. The van der Waals surface area contributed by atoms with Crippen LogP contribution in [0.3, 0.4) is 0 Å². The molecular weight excluding hydrogens is 170 g/mol. The second kappa shape index (κ2) is 5.10. The molecule has 1 rings (SSSR count). The zero-order chi connectivity index (χ0) is 8.97. The van der Waals surface area contributed by atoms with Gasteiger partial charge >= 0.3 is 0 Å². The first-order valence-electron chi connectivity index (χ1n) is 4.71. The standard InChI is InChI=1S/C9H19NOS/c1-7(6-11)12-9-5-3-4-8(9)10-2/h7-11H,3-6H2,1-2H3. The molecule has 1 aliphatic rings. The van der Waals surface area contributed by atoms with Crippen LogP contribution in [0.5, 0.6) is 0 Å². The molecule has 0 saturated heterocycles. The second-order valence-corrected chi connectivity index (χ2v) is 5.18. The highest BCUT2D eigenvalue weighted by Crippen LogP contribution is 2.32. The van der Waals surface area contributed by atoms with Crippen molar-refractivity contribution in [3.8, 4) is 0 Å². The minimum Gasteiger partial charge on any atom is -0.395 e. The van der Waals surface area contributed by atoms with E-state index in [-0.39, 0.29) is 0 Å². The van der Waals surface area contributed by atoms with E-state index in [2.05, 4.69) is 12.2 Å². The van der Waals surface area contributed by atoms with Gasteiger partial charge in [0.2, 0.25) is 0 Å². The van der Waals surface area contributed by atoms with E-state index in [4.69, 9.17) is 5.11 Å². The first-order chi connectivity index (χ1) is 5.77. The molecule has 3 atom stereocenters. The summed E-state index contributed by atoms with van der Waals surface area (Å²) < 4.78 is 0. The van der Waals surface area contributed by atoms with E-state index in [1.165, 1.54) is 19.3 Å². The summed E-state index contributed by atoms with van der Waals surface area (Å²) in [4.78, 5) is 0. The molecule has 0 aromatic rings. The maximum Gasteiger partial charge on any atom is 0.0547 e. The fourth-order valence-electron chi connectivity index (χ4n) is 1.76. The van der Waals surface area contributed by atoms with Crippen molar-refractivity contribution < 1.29 is 5.11 Å². The third kappa shape index (κ3) is 2.64. The molecule has 1 fully saturated rings. The Morgan fingerprint density at radius 1 is 1.58 bits per heavy atom. The number of aliphatic hydroxyl groups excluding tert-OH is 1. The summed E-state index contributed by atoms with van der Waals surface area (Å²) in [5.74, 6) is 0. The van der Waals surface area contributed by atoms with E-state index in [1.807, 2.05) is 18.8 Å². The lowest BCUT2D eigenvalue weighted by Gasteiger charge is -2.21. The summed E-state index contributed by atoms with van der Waals surface area (Å²) in [6.45, 7) is 2.40. The van der Waals surface area contributed by atoms with Crippen LogP contribution in [0.25, 0.3) is 0 Å². The maximum atomic E-state index is 8.91. The van der Waals surface area contributed by atoms with Gasteiger partial charge < -0.3 is 10.4 Å². The van der Waals surface area contributed by atoms with Gasteiger partial charge in [0, 0.05) is 16.5 Å². The van der Waals surface area contributed by atoms with Gasteiger partial charge in [0.15, 0.2) is 0 Å². The molecule has 0 aromatic heterocycles. The average molecular weight is 189 g/mol. The quantitative estimate of drug-likeness (QED) is 0.698. The van der Waals surface area contributed by atoms with Crippen molar-refractivity contribution in [3.05, 3.63) is 0 Å². The molecule has 0 aliphatic heterocycles. The van der Waals surface area contributed by atoms with Gasteiger partial charge in [-0.25, -0.2) is 0 Å². The highest BCUT2D eigenvalue weighted by molar-refractivity contribution is 8.00. The van der Waals surface area contributed by atoms with E-state index in [0.717, 1.165) is 5.25 Å². The largest absolute Gasteiger partial charge is 0.395 e. The van der Waals surface area contributed by atoms with Crippen molar-refractivity contribution in [1.29, 1.82) is 0 Å². The topological polar surface area (TPSA) is 32.3 Å². The van der Waals surface area contributed by atoms with Crippen LogP contribution in [0.1, 0.15) is 26.2 Å². The summed E-state index contributed by atoms with van der Waals surface area (Å²) in [7, 11) is 2.03. The molecule has 0 spiro atoms. The Kier molecular flexibility index (Phi) is 4.40. The van der Waals surface area contributed by atoms with Gasteiger partial charge in [0.25, 0.3) is 0 Å². The summed E-state index contributed by atoms with van der Waals surface area (Å²) in [5.41, 5.74) is 0. The number of aliphatic hydroxyl groups is 1. The number of rotatable bonds is 4. The lowest BCUT2D eigenvalue weighted by molar-refractivity contribution is 0.299. The van der Waals surface area contributed by atoms with Gasteiger partial charge in [0.05, 0.1) is 6.61 Å². The molecule has 2 N–H and O–H groups in total.